The maximum Gasteiger partial charge on any atom is 0.315 e. The number of hydrogen-bond acceptors (Lipinski definition) is 4. The van der Waals surface area contributed by atoms with Crippen LogP contribution in [0.1, 0.15) is 5.69 Å². The number of carbonyl (C=O) groups is 2. The van der Waals surface area contributed by atoms with E-state index in [1.165, 1.54) is 11.3 Å². The topological polar surface area (TPSA) is 71.1 Å². The van der Waals surface area contributed by atoms with Crippen molar-refractivity contribution in [2.24, 2.45) is 0 Å². The lowest BCUT2D eigenvalue weighted by Crippen LogP contribution is -2.29. The smallest absolute Gasteiger partial charge is 0.315 e. The normalized spacial score (nSPS) is 10.0. The van der Waals surface area contributed by atoms with Gasteiger partial charge in [0, 0.05) is 15.5 Å². The van der Waals surface area contributed by atoms with Crippen LogP contribution in [0.2, 0.25) is 0 Å². The summed E-state index contributed by atoms with van der Waals surface area (Å²) in [5.41, 5.74) is 1.35. The summed E-state index contributed by atoms with van der Waals surface area (Å²) in [4.78, 5) is 27.3. The van der Waals surface area contributed by atoms with Gasteiger partial charge in [-0.1, -0.05) is 15.9 Å². The van der Waals surface area contributed by atoms with Gasteiger partial charge >= 0.3 is 11.8 Å². The summed E-state index contributed by atoms with van der Waals surface area (Å²) in [6, 6.07) is 6.95. The number of anilines is 2. The average molecular weight is 340 g/mol. The van der Waals surface area contributed by atoms with Gasteiger partial charge in [0.25, 0.3) is 0 Å². The van der Waals surface area contributed by atoms with Crippen LogP contribution in [0.25, 0.3) is 0 Å². The van der Waals surface area contributed by atoms with Gasteiger partial charge in [0.05, 0.1) is 5.69 Å². The van der Waals surface area contributed by atoms with Crippen molar-refractivity contribution in [3.63, 3.8) is 0 Å². The molecule has 0 saturated carbocycles. The van der Waals surface area contributed by atoms with Crippen LogP contribution < -0.4 is 10.6 Å². The molecule has 2 rings (SSSR count). The largest absolute Gasteiger partial charge is 0.318 e. The summed E-state index contributed by atoms with van der Waals surface area (Å²) in [5, 5.41) is 7.15. The van der Waals surface area contributed by atoms with Crippen molar-refractivity contribution < 1.29 is 9.59 Å². The summed E-state index contributed by atoms with van der Waals surface area (Å²) < 4.78 is 0.896. The van der Waals surface area contributed by atoms with Gasteiger partial charge in [0.15, 0.2) is 5.13 Å². The van der Waals surface area contributed by atoms with E-state index in [0.717, 1.165) is 10.2 Å². The van der Waals surface area contributed by atoms with Crippen LogP contribution in [0.3, 0.4) is 0 Å². The molecule has 0 fully saturated rings. The van der Waals surface area contributed by atoms with Crippen molar-refractivity contribution in [2.45, 2.75) is 6.92 Å². The molecular weight excluding hydrogens is 330 g/mol. The van der Waals surface area contributed by atoms with Gasteiger partial charge in [-0.3, -0.25) is 14.9 Å². The lowest BCUT2D eigenvalue weighted by Gasteiger charge is -2.04. The zero-order chi connectivity index (χ0) is 13.8. The first-order valence-corrected chi connectivity index (χ1v) is 7.02. The lowest BCUT2D eigenvalue weighted by atomic mass is 10.3. The Morgan fingerprint density at radius 3 is 2.37 bits per heavy atom. The molecule has 0 saturated heterocycles. The minimum atomic E-state index is -0.739. The number of thiazole rings is 1. The van der Waals surface area contributed by atoms with Crippen LogP contribution >= 0.6 is 27.3 Å². The zero-order valence-corrected chi connectivity index (χ0v) is 12.3. The Kier molecular flexibility index (Phi) is 4.28. The molecule has 7 heteroatoms. The molecule has 98 valence electrons. The Morgan fingerprint density at radius 1 is 1.16 bits per heavy atom. The van der Waals surface area contributed by atoms with E-state index >= 15 is 0 Å². The van der Waals surface area contributed by atoms with E-state index < -0.39 is 11.8 Å². The SMILES string of the molecule is Cc1csc(NC(=O)C(=O)Nc2ccc(Br)cc2)n1. The highest BCUT2D eigenvalue weighted by molar-refractivity contribution is 9.10. The number of rotatable bonds is 2. The van der Waals surface area contributed by atoms with Crippen molar-refractivity contribution in [2.75, 3.05) is 10.6 Å². The van der Waals surface area contributed by atoms with E-state index in [9.17, 15) is 9.59 Å². The first kappa shape index (κ1) is 13.7. The third-order valence-electron chi connectivity index (χ3n) is 2.15. The molecular formula is C12H10BrN3O2S. The molecule has 0 unspecified atom stereocenters. The monoisotopic (exact) mass is 339 g/mol. The van der Waals surface area contributed by atoms with Gasteiger partial charge < -0.3 is 5.32 Å². The second kappa shape index (κ2) is 5.94. The number of aromatic nitrogens is 1. The van der Waals surface area contributed by atoms with Crippen LogP contribution in [0.15, 0.2) is 34.1 Å². The Morgan fingerprint density at radius 2 is 1.79 bits per heavy atom. The third-order valence-corrected chi connectivity index (χ3v) is 3.55. The number of aryl methyl sites for hydroxylation is 1. The number of nitrogens with one attached hydrogen (secondary N) is 2. The second-order valence-electron chi connectivity index (χ2n) is 3.71. The quantitative estimate of drug-likeness (QED) is 0.826. The predicted molar refractivity (Wildman–Crippen MR) is 78.3 cm³/mol. The molecule has 0 radical (unpaired) electrons. The number of nitrogens with zero attached hydrogens (tertiary/aromatic N) is 1. The van der Waals surface area contributed by atoms with E-state index in [1.807, 2.05) is 6.92 Å². The molecule has 5 nitrogen and oxygen atoms in total. The van der Waals surface area contributed by atoms with Gasteiger partial charge in [-0.15, -0.1) is 11.3 Å². The number of halogens is 1. The standard InChI is InChI=1S/C12H10BrN3O2S/c1-7-6-19-12(14-7)16-11(18)10(17)15-9-4-2-8(13)3-5-9/h2-6H,1H3,(H,15,17)(H,14,16,18). The van der Waals surface area contributed by atoms with Crippen LogP contribution in [-0.2, 0) is 9.59 Å². The van der Waals surface area contributed by atoms with Crippen LogP contribution in [-0.4, -0.2) is 16.8 Å². The number of amides is 2. The van der Waals surface area contributed by atoms with Crippen LogP contribution in [0.4, 0.5) is 10.8 Å². The molecule has 19 heavy (non-hydrogen) atoms. The third kappa shape index (κ3) is 3.87. The number of carbonyl (C=O) groups excluding carboxylic acids is 2. The first-order chi connectivity index (χ1) is 9.04. The summed E-state index contributed by atoms with van der Waals surface area (Å²) in [6.07, 6.45) is 0. The maximum absolute atomic E-state index is 11.7. The Bertz CT molecular complexity index is 610. The Balaban J connectivity index is 1.96. The molecule has 0 aliphatic carbocycles. The molecule has 0 bridgehead atoms. The Hall–Kier alpha value is -1.73. The fraction of sp³-hybridized carbons (Fsp3) is 0.0833. The summed E-state index contributed by atoms with van der Waals surface area (Å²) in [5.74, 6) is -1.47. The molecule has 0 aliphatic rings. The molecule has 1 aromatic heterocycles. The lowest BCUT2D eigenvalue weighted by molar-refractivity contribution is -0.132. The van der Waals surface area contributed by atoms with E-state index in [4.69, 9.17) is 0 Å². The van der Waals surface area contributed by atoms with E-state index in [1.54, 1.807) is 29.6 Å². The predicted octanol–water partition coefficient (Wildman–Crippen LogP) is 2.79. The number of benzene rings is 1. The fourth-order valence-corrected chi connectivity index (χ4v) is 2.23. The van der Waals surface area contributed by atoms with E-state index in [0.29, 0.717) is 10.8 Å². The molecule has 0 spiro atoms. The molecule has 1 heterocycles. The van der Waals surface area contributed by atoms with Crippen molar-refractivity contribution >= 4 is 49.9 Å². The Labute approximate surface area is 122 Å². The molecule has 2 amide bonds. The minimum Gasteiger partial charge on any atom is -0.318 e. The first-order valence-electron chi connectivity index (χ1n) is 5.34. The van der Waals surface area contributed by atoms with Crippen LogP contribution in [0, 0.1) is 6.92 Å². The molecule has 0 aliphatic heterocycles. The summed E-state index contributed by atoms with van der Waals surface area (Å²) >= 11 is 4.56. The average Bonchev–Trinajstić information content (AvgIpc) is 2.77. The van der Waals surface area contributed by atoms with Gasteiger partial charge in [0.1, 0.15) is 0 Å². The highest BCUT2D eigenvalue weighted by Crippen LogP contribution is 2.15. The van der Waals surface area contributed by atoms with Crippen LogP contribution in [0.5, 0.6) is 0 Å². The van der Waals surface area contributed by atoms with Crippen molar-refractivity contribution in [3.8, 4) is 0 Å². The minimum absolute atomic E-state index is 0.411. The highest BCUT2D eigenvalue weighted by Gasteiger charge is 2.15. The van der Waals surface area contributed by atoms with Gasteiger partial charge in [-0.05, 0) is 31.2 Å². The van der Waals surface area contributed by atoms with Crippen molar-refractivity contribution in [1.82, 2.24) is 4.98 Å². The maximum atomic E-state index is 11.7. The fourth-order valence-electron chi connectivity index (χ4n) is 1.29. The number of hydrogen-bond donors (Lipinski definition) is 2. The van der Waals surface area contributed by atoms with Crippen molar-refractivity contribution in [1.29, 1.82) is 0 Å². The zero-order valence-electron chi connectivity index (χ0n) is 9.94. The summed E-state index contributed by atoms with van der Waals surface area (Å²) in [6.45, 7) is 1.81. The molecule has 2 aromatic rings. The summed E-state index contributed by atoms with van der Waals surface area (Å²) in [7, 11) is 0. The molecule has 1 aromatic carbocycles. The van der Waals surface area contributed by atoms with Gasteiger partial charge in [-0.25, -0.2) is 4.98 Å². The molecule has 2 N–H and O–H groups in total. The van der Waals surface area contributed by atoms with Gasteiger partial charge in [0.2, 0.25) is 0 Å². The van der Waals surface area contributed by atoms with Gasteiger partial charge in [-0.2, -0.15) is 0 Å². The van der Waals surface area contributed by atoms with E-state index in [-0.39, 0.29) is 0 Å². The molecule has 0 atom stereocenters. The highest BCUT2D eigenvalue weighted by atomic mass is 79.9. The van der Waals surface area contributed by atoms with Crippen molar-refractivity contribution in [3.05, 3.63) is 39.8 Å². The second-order valence-corrected chi connectivity index (χ2v) is 5.48. The van der Waals surface area contributed by atoms with E-state index in [2.05, 4.69) is 31.5 Å².